The van der Waals surface area contributed by atoms with E-state index < -0.39 is 0 Å². The number of fused-ring (bicyclic) bond motifs is 9. The van der Waals surface area contributed by atoms with E-state index in [1.165, 1.54) is 16.3 Å². The van der Waals surface area contributed by atoms with Crippen LogP contribution in [0.25, 0.3) is 32.7 Å². The van der Waals surface area contributed by atoms with Gasteiger partial charge in [-0.2, -0.15) is 0 Å². The van der Waals surface area contributed by atoms with Gasteiger partial charge >= 0.3 is 0 Å². The van der Waals surface area contributed by atoms with Gasteiger partial charge in [0.25, 0.3) is 0 Å². The van der Waals surface area contributed by atoms with E-state index in [1.807, 2.05) is 30.6 Å². The van der Waals surface area contributed by atoms with Crippen LogP contribution in [0, 0.1) is 0 Å². The second-order valence-electron chi connectivity index (χ2n) is 7.60. The van der Waals surface area contributed by atoms with E-state index >= 15 is 0 Å². The highest BCUT2D eigenvalue weighted by Gasteiger charge is 2.39. The lowest BCUT2D eigenvalue weighted by Crippen LogP contribution is -2.26. The molecule has 6 rings (SSSR count). The molecule has 0 amide bonds. The molecule has 1 N–H and O–H groups in total. The van der Waals surface area contributed by atoms with Crippen LogP contribution in [0.5, 0.6) is 11.5 Å². The molecule has 2 aromatic carbocycles. The van der Waals surface area contributed by atoms with Gasteiger partial charge < -0.3 is 9.72 Å². The number of hydrogen-bond acceptors (Lipinski definition) is 3. The molecule has 0 atom stereocenters. The molecule has 0 fully saturated rings. The highest BCUT2D eigenvalue weighted by atomic mass is 16.5. The summed E-state index contributed by atoms with van der Waals surface area (Å²) in [4.78, 5) is 12.7. The lowest BCUT2D eigenvalue weighted by molar-refractivity contribution is 0.416. The molecule has 0 saturated carbocycles. The average molecular weight is 351 g/mol. The molecule has 0 aliphatic carbocycles. The van der Waals surface area contributed by atoms with Gasteiger partial charge in [0, 0.05) is 34.1 Å². The summed E-state index contributed by atoms with van der Waals surface area (Å²) >= 11 is 0. The summed E-state index contributed by atoms with van der Waals surface area (Å²) in [6, 6.07) is 16.6. The van der Waals surface area contributed by atoms with Gasteiger partial charge in [-0.15, -0.1) is 0 Å². The summed E-state index contributed by atoms with van der Waals surface area (Å²) in [7, 11) is 0. The first-order chi connectivity index (χ1) is 13.2. The zero-order valence-corrected chi connectivity index (χ0v) is 15.1. The summed E-state index contributed by atoms with van der Waals surface area (Å²) in [5.74, 6) is 1.70. The Morgan fingerprint density at radius 1 is 0.852 bits per heavy atom. The van der Waals surface area contributed by atoms with E-state index in [2.05, 4.69) is 59.1 Å². The number of aromatic amines is 1. The van der Waals surface area contributed by atoms with E-state index in [1.54, 1.807) is 0 Å². The molecule has 5 aromatic rings. The zero-order chi connectivity index (χ0) is 18.2. The molecule has 0 saturated heterocycles. The van der Waals surface area contributed by atoms with Crippen molar-refractivity contribution in [2.24, 2.45) is 0 Å². The van der Waals surface area contributed by atoms with Gasteiger partial charge in [0.05, 0.1) is 11.2 Å². The second-order valence-corrected chi connectivity index (χ2v) is 7.60. The molecule has 130 valence electrons. The summed E-state index contributed by atoms with van der Waals surface area (Å²) in [5, 5.41) is 4.69. The standard InChI is InChI=1S/C23H17N3O/c1-23(2)18-14-8-4-3-7-13(14)17-15-9-5-12-25-22(15)26-19(17)20(18)27-16-10-6-11-24-21(16)23/h3-12H,1-2H3,(H,25,26). The molecule has 1 aliphatic rings. The first-order valence-electron chi connectivity index (χ1n) is 9.11. The number of benzene rings is 2. The number of nitrogens with one attached hydrogen (secondary N) is 1. The first-order valence-corrected chi connectivity index (χ1v) is 9.11. The fraction of sp³-hybridized carbons (Fsp3) is 0.130. The molecule has 0 unspecified atom stereocenters. The van der Waals surface area contributed by atoms with Gasteiger partial charge in [-0.25, -0.2) is 4.98 Å². The molecule has 4 heteroatoms. The predicted octanol–water partition coefficient (Wildman–Crippen LogP) is 5.70. The van der Waals surface area contributed by atoms with Gasteiger partial charge in [-0.3, -0.25) is 4.98 Å². The minimum absolute atomic E-state index is 0.275. The van der Waals surface area contributed by atoms with E-state index in [0.29, 0.717) is 0 Å². The van der Waals surface area contributed by atoms with Crippen molar-refractivity contribution in [2.45, 2.75) is 19.3 Å². The van der Waals surface area contributed by atoms with Crippen molar-refractivity contribution in [2.75, 3.05) is 0 Å². The largest absolute Gasteiger partial charge is 0.453 e. The lowest BCUT2D eigenvalue weighted by atomic mass is 9.75. The van der Waals surface area contributed by atoms with Crippen LogP contribution in [0.2, 0.25) is 0 Å². The van der Waals surface area contributed by atoms with Crippen LogP contribution in [0.1, 0.15) is 25.1 Å². The molecule has 4 nitrogen and oxygen atoms in total. The number of hydrogen-bond donors (Lipinski definition) is 1. The fourth-order valence-electron chi connectivity index (χ4n) is 4.53. The van der Waals surface area contributed by atoms with Crippen molar-refractivity contribution < 1.29 is 4.74 Å². The number of aromatic nitrogens is 3. The number of ether oxygens (including phenoxy) is 1. The molecule has 3 aromatic heterocycles. The minimum Gasteiger partial charge on any atom is -0.453 e. The number of pyridine rings is 2. The van der Waals surface area contributed by atoms with Crippen LogP contribution in [-0.4, -0.2) is 15.0 Å². The smallest absolute Gasteiger partial charge is 0.156 e. The maximum atomic E-state index is 6.44. The van der Waals surface area contributed by atoms with Crippen molar-refractivity contribution in [1.82, 2.24) is 15.0 Å². The lowest BCUT2D eigenvalue weighted by Gasteiger charge is -2.34. The van der Waals surface area contributed by atoms with Crippen LogP contribution in [0.15, 0.2) is 60.9 Å². The van der Waals surface area contributed by atoms with Gasteiger partial charge in [0.1, 0.15) is 11.4 Å². The maximum absolute atomic E-state index is 6.44. The second kappa shape index (κ2) is 4.86. The van der Waals surface area contributed by atoms with E-state index in [0.717, 1.165) is 39.1 Å². The van der Waals surface area contributed by atoms with Crippen molar-refractivity contribution in [3.63, 3.8) is 0 Å². The maximum Gasteiger partial charge on any atom is 0.156 e. The monoisotopic (exact) mass is 351 g/mol. The first kappa shape index (κ1) is 14.7. The van der Waals surface area contributed by atoms with Gasteiger partial charge in [-0.05, 0) is 48.9 Å². The van der Waals surface area contributed by atoms with Crippen molar-refractivity contribution >= 4 is 32.7 Å². The number of nitrogens with zero attached hydrogens (tertiary/aromatic N) is 2. The summed E-state index contributed by atoms with van der Waals surface area (Å²) in [6.07, 6.45) is 3.65. The molecular weight excluding hydrogens is 334 g/mol. The normalized spacial score (nSPS) is 14.9. The Balaban J connectivity index is 1.89. The highest BCUT2D eigenvalue weighted by molar-refractivity contribution is 6.22. The van der Waals surface area contributed by atoms with Gasteiger partial charge in [0.2, 0.25) is 0 Å². The Morgan fingerprint density at radius 3 is 2.48 bits per heavy atom. The van der Waals surface area contributed by atoms with Crippen molar-refractivity contribution in [3.05, 3.63) is 72.2 Å². The number of H-pyrrole nitrogens is 1. The SMILES string of the molecule is CC1(C)c2ncccc2Oc2c1c1ccccc1c1c2[nH]c2ncccc21. The third kappa shape index (κ3) is 1.77. The highest BCUT2D eigenvalue weighted by Crippen LogP contribution is 2.53. The molecule has 0 spiro atoms. The molecule has 0 radical (unpaired) electrons. The van der Waals surface area contributed by atoms with Crippen LogP contribution in [0.4, 0.5) is 0 Å². The fourth-order valence-corrected chi connectivity index (χ4v) is 4.53. The quantitative estimate of drug-likeness (QED) is 0.389. The van der Waals surface area contributed by atoms with Crippen LogP contribution < -0.4 is 4.74 Å². The van der Waals surface area contributed by atoms with Crippen LogP contribution >= 0.6 is 0 Å². The third-order valence-electron chi connectivity index (χ3n) is 5.69. The Kier molecular flexibility index (Phi) is 2.65. The Hall–Kier alpha value is -3.40. The Morgan fingerprint density at radius 2 is 1.59 bits per heavy atom. The summed E-state index contributed by atoms with van der Waals surface area (Å²) in [6.45, 7) is 4.44. The molecule has 1 aliphatic heterocycles. The summed E-state index contributed by atoms with van der Waals surface area (Å²) < 4.78 is 6.44. The Bertz CT molecular complexity index is 1380. The average Bonchev–Trinajstić information content (AvgIpc) is 3.08. The van der Waals surface area contributed by atoms with Crippen LogP contribution in [-0.2, 0) is 5.41 Å². The molecule has 27 heavy (non-hydrogen) atoms. The molecular formula is C23H17N3O. The van der Waals surface area contributed by atoms with Gasteiger partial charge in [0.15, 0.2) is 5.75 Å². The van der Waals surface area contributed by atoms with Gasteiger partial charge in [-0.1, -0.05) is 24.3 Å². The van der Waals surface area contributed by atoms with E-state index in [4.69, 9.17) is 4.74 Å². The topological polar surface area (TPSA) is 50.8 Å². The predicted molar refractivity (Wildman–Crippen MR) is 108 cm³/mol. The van der Waals surface area contributed by atoms with Crippen molar-refractivity contribution in [3.8, 4) is 11.5 Å². The van der Waals surface area contributed by atoms with Crippen molar-refractivity contribution in [1.29, 1.82) is 0 Å². The molecule has 0 bridgehead atoms. The van der Waals surface area contributed by atoms with E-state index in [9.17, 15) is 0 Å². The van der Waals surface area contributed by atoms with E-state index in [-0.39, 0.29) is 5.41 Å². The Labute approximate surface area is 155 Å². The van der Waals surface area contributed by atoms with Crippen LogP contribution in [0.3, 0.4) is 0 Å². The number of rotatable bonds is 0. The zero-order valence-electron chi connectivity index (χ0n) is 15.1. The third-order valence-corrected chi connectivity index (χ3v) is 5.69. The molecule has 4 heterocycles. The summed E-state index contributed by atoms with van der Waals surface area (Å²) in [5.41, 5.74) is 3.74. The minimum atomic E-state index is -0.275.